The van der Waals surface area contributed by atoms with Crippen molar-refractivity contribution in [3.63, 3.8) is 0 Å². The first-order valence-corrected chi connectivity index (χ1v) is 15.1. The number of benzene rings is 3. The molecule has 0 aliphatic heterocycles. The number of amides is 1. The molecule has 1 heterocycles. The zero-order chi connectivity index (χ0) is 33.3. The van der Waals surface area contributed by atoms with Gasteiger partial charge in [-0.25, -0.2) is 4.98 Å². The van der Waals surface area contributed by atoms with E-state index in [9.17, 15) is 23.1 Å². The van der Waals surface area contributed by atoms with Gasteiger partial charge in [0, 0.05) is 43.3 Å². The number of imidazole rings is 1. The Hall–Kier alpha value is -4.89. The highest BCUT2D eigenvalue weighted by Gasteiger charge is 2.34. The number of carbonyl (C=O) groups excluding carboxylic acids is 1. The van der Waals surface area contributed by atoms with E-state index in [-0.39, 0.29) is 47.8 Å². The Labute approximate surface area is 271 Å². The van der Waals surface area contributed by atoms with Crippen LogP contribution >= 0.6 is 12.2 Å². The van der Waals surface area contributed by atoms with Crippen molar-refractivity contribution in [2.24, 2.45) is 5.92 Å². The summed E-state index contributed by atoms with van der Waals surface area (Å²) in [5.41, 5.74) is 2.03. The van der Waals surface area contributed by atoms with E-state index in [4.69, 9.17) is 17.5 Å². The molecule has 1 aromatic heterocycles. The summed E-state index contributed by atoms with van der Waals surface area (Å²) in [4.78, 5) is 19.2. The van der Waals surface area contributed by atoms with Crippen molar-refractivity contribution in [3.05, 3.63) is 113 Å². The summed E-state index contributed by atoms with van der Waals surface area (Å²) in [6.45, 7) is 4.46. The van der Waals surface area contributed by atoms with Crippen molar-refractivity contribution in [1.29, 1.82) is 5.26 Å². The average molecular weight is 649 g/mol. The topological polar surface area (TPSA) is 106 Å². The molecule has 4 aromatic rings. The van der Waals surface area contributed by atoms with E-state index in [0.717, 1.165) is 11.6 Å². The molecule has 240 valence electrons. The zero-order valence-corrected chi connectivity index (χ0v) is 26.3. The van der Waals surface area contributed by atoms with Crippen molar-refractivity contribution >= 4 is 28.9 Å². The minimum absolute atomic E-state index is 0.0397. The predicted octanol–water partition coefficient (Wildman–Crippen LogP) is 6.50. The summed E-state index contributed by atoms with van der Waals surface area (Å²) in [6.07, 6.45) is -0.703. The van der Waals surface area contributed by atoms with Crippen LogP contribution in [0, 0.1) is 17.2 Å². The lowest BCUT2D eigenvalue weighted by Crippen LogP contribution is -2.47. The van der Waals surface area contributed by atoms with Gasteiger partial charge in [0.05, 0.1) is 29.9 Å². The Balaban J connectivity index is 1.53. The summed E-state index contributed by atoms with van der Waals surface area (Å²) in [6, 6.07) is 20.3. The number of halogens is 3. The molecule has 8 nitrogen and oxygen atoms in total. The molecule has 4 rings (SSSR count). The molecular weight excluding hydrogens is 613 g/mol. The van der Waals surface area contributed by atoms with Gasteiger partial charge >= 0.3 is 6.18 Å². The minimum Gasteiger partial charge on any atom is -0.508 e. The van der Waals surface area contributed by atoms with E-state index in [1.165, 1.54) is 24.3 Å². The molecule has 1 atom stereocenters. The lowest BCUT2D eigenvalue weighted by Gasteiger charge is -2.32. The van der Waals surface area contributed by atoms with E-state index in [1.54, 1.807) is 47.8 Å². The fourth-order valence-corrected chi connectivity index (χ4v) is 5.34. The van der Waals surface area contributed by atoms with Crippen LogP contribution in [0.5, 0.6) is 5.75 Å². The summed E-state index contributed by atoms with van der Waals surface area (Å²) in [7, 11) is 0. The van der Waals surface area contributed by atoms with Gasteiger partial charge in [0.25, 0.3) is 0 Å². The molecule has 0 bridgehead atoms. The lowest BCUT2D eigenvalue weighted by atomic mass is 10.0. The molecular formula is C34H35F3N6O2S. The third-order valence-corrected chi connectivity index (χ3v) is 7.59. The molecule has 46 heavy (non-hydrogen) atoms. The summed E-state index contributed by atoms with van der Waals surface area (Å²) >= 11 is 5.69. The number of carbonyl (C=O) groups is 1. The number of aromatic hydroxyl groups is 1. The van der Waals surface area contributed by atoms with Crippen molar-refractivity contribution < 1.29 is 23.1 Å². The molecule has 0 saturated carbocycles. The fraction of sp³-hybridized carbons (Fsp3) is 0.294. The highest BCUT2D eigenvalue weighted by Crippen LogP contribution is 2.32. The van der Waals surface area contributed by atoms with Gasteiger partial charge in [-0.15, -0.1) is 0 Å². The van der Waals surface area contributed by atoms with Crippen molar-refractivity contribution in [3.8, 4) is 11.8 Å². The van der Waals surface area contributed by atoms with E-state index < -0.39 is 17.8 Å². The molecule has 0 radical (unpaired) electrons. The first-order valence-electron chi connectivity index (χ1n) is 14.7. The number of rotatable bonds is 12. The van der Waals surface area contributed by atoms with Gasteiger partial charge in [0.2, 0.25) is 5.91 Å². The van der Waals surface area contributed by atoms with Gasteiger partial charge in [0.15, 0.2) is 5.11 Å². The molecule has 0 aliphatic rings. The van der Waals surface area contributed by atoms with E-state index in [1.807, 2.05) is 30.5 Å². The van der Waals surface area contributed by atoms with Crippen LogP contribution in [0.15, 0.2) is 85.3 Å². The fourth-order valence-electron chi connectivity index (χ4n) is 5.08. The van der Waals surface area contributed by atoms with Gasteiger partial charge in [-0.2, -0.15) is 18.4 Å². The molecule has 0 unspecified atom stereocenters. The van der Waals surface area contributed by atoms with Crippen molar-refractivity contribution in [1.82, 2.24) is 19.8 Å². The monoisotopic (exact) mass is 648 g/mol. The maximum Gasteiger partial charge on any atom is 0.416 e. The van der Waals surface area contributed by atoms with Crippen LogP contribution in [-0.4, -0.2) is 43.2 Å². The Kier molecular flexibility index (Phi) is 11.4. The third-order valence-electron chi connectivity index (χ3n) is 7.23. The largest absolute Gasteiger partial charge is 0.508 e. The predicted molar refractivity (Wildman–Crippen MR) is 174 cm³/mol. The molecule has 12 heteroatoms. The quantitative estimate of drug-likeness (QED) is 0.119. The number of phenols is 1. The molecule has 0 saturated heterocycles. The first kappa shape index (κ1) is 34.0. The number of nitrogens with one attached hydrogen (secondary N) is 2. The normalized spacial score (nSPS) is 11.9. The highest BCUT2D eigenvalue weighted by atomic mass is 32.1. The molecule has 0 spiro atoms. The minimum atomic E-state index is -4.56. The summed E-state index contributed by atoms with van der Waals surface area (Å²) in [5.74, 6) is -0.0409. The van der Waals surface area contributed by atoms with Crippen LogP contribution in [0.2, 0.25) is 0 Å². The Morgan fingerprint density at radius 2 is 1.78 bits per heavy atom. The average Bonchev–Trinajstić information content (AvgIpc) is 3.43. The Morgan fingerprint density at radius 3 is 2.43 bits per heavy atom. The molecule has 3 N–H and O–H groups in total. The number of aromatic nitrogens is 2. The molecule has 0 aliphatic carbocycles. The molecule has 0 fully saturated rings. The Morgan fingerprint density at radius 1 is 1.09 bits per heavy atom. The summed E-state index contributed by atoms with van der Waals surface area (Å²) in [5, 5.41) is 25.0. The zero-order valence-electron chi connectivity index (χ0n) is 25.5. The van der Waals surface area contributed by atoms with Crippen LogP contribution in [0.4, 0.5) is 18.9 Å². The van der Waals surface area contributed by atoms with Gasteiger partial charge in [-0.1, -0.05) is 44.2 Å². The third kappa shape index (κ3) is 9.81. The second-order valence-corrected chi connectivity index (χ2v) is 11.8. The van der Waals surface area contributed by atoms with Crippen LogP contribution in [0.1, 0.15) is 48.2 Å². The number of phenolic OH excluding ortho intramolecular Hbond substituents is 1. The number of alkyl halides is 3. The second-order valence-electron chi connectivity index (χ2n) is 11.4. The first-order chi connectivity index (χ1) is 21.9. The highest BCUT2D eigenvalue weighted by molar-refractivity contribution is 7.80. The van der Waals surface area contributed by atoms with Crippen LogP contribution in [-0.2, 0) is 30.5 Å². The smallest absolute Gasteiger partial charge is 0.416 e. The van der Waals surface area contributed by atoms with Gasteiger partial charge in [0.1, 0.15) is 5.75 Å². The van der Waals surface area contributed by atoms with Gasteiger partial charge in [-0.3, -0.25) is 4.79 Å². The van der Waals surface area contributed by atoms with E-state index in [2.05, 4.69) is 21.7 Å². The molecule has 1 amide bonds. The number of hydrogen-bond donors (Lipinski definition) is 3. The van der Waals surface area contributed by atoms with Crippen molar-refractivity contribution in [2.75, 3.05) is 11.9 Å². The molecule has 3 aromatic carbocycles. The van der Waals surface area contributed by atoms with Crippen LogP contribution in [0.25, 0.3) is 0 Å². The van der Waals surface area contributed by atoms with E-state index >= 15 is 0 Å². The van der Waals surface area contributed by atoms with Gasteiger partial charge < -0.3 is 25.2 Å². The maximum absolute atomic E-state index is 13.9. The number of thiocarbonyl (C=S) groups is 1. The second kappa shape index (κ2) is 15.4. The van der Waals surface area contributed by atoms with Crippen LogP contribution in [0.3, 0.4) is 0 Å². The number of nitrogens with zero attached hydrogens (tertiary/aromatic N) is 4. The standard InChI is InChI=1S/C34H35F3N6O2S/c1-23(2)15-28(40-32(45)16-29-18-39-22-43(29)19-25-9-7-24(17-38)8-10-25)21-42(33(46)41-27-11-13-30(44)14-12-27)20-26-5-3-4-6-31(26)34(35,36)37/h3-14,18,22-23,28,44H,15-16,19-21H2,1-2H3,(H,40,45)(H,41,46)/t28-/m0/s1. The lowest BCUT2D eigenvalue weighted by molar-refractivity contribution is -0.138. The number of anilines is 1. The van der Waals surface area contributed by atoms with Gasteiger partial charge in [-0.05, 0) is 78.1 Å². The van der Waals surface area contributed by atoms with Crippen LogP contribution < -0.4 is 10.6 Å². The SMILES string of the molecule is CC(C)C[C@@H](CN(Cc1ccccc1C(F)(F)F)C(=S)Nc1ccc(O)cc1)NC(=O)Cc1cncn1Cc1ccc(C#N)cc1. The Bertz CT molecular complexity index is 1660. The summed E-state index contributed by atoms with van der Waals surface area (Å²) < 4.78 is 43.6. The number of hydrogen-bond acceptors (Lipinski definition) is 5. The van der Waals surface area contributed by atoms with E-state index in [0.29, 0.717) is 29.9 Å². The maximum atomic E-state index is 13.9. The number of nitriles is 1. The van der Waals surface area contributed by atoms with Crippen molar-refractivity contribution in [2.45, 2.75) is 52.0 Å².